The third kappa shape index (κ3) is 3.08. The molecule has 0 amide bonds. The Morgan fingerprint density at radius 1 is 1.16 bits per heavy atom. The maximum Gasteiger partial charge on any atom is 0.190 e. The molecule has 0 aliphatic rings. The van der Waals surface area contributed by atoms with E-state index in [0.29, 0.717) is 17.1 Å². The third-order valence-corrected chi connectivity index (χ3v) is 2.51. The van der Waals surface area contributed by atoms with Crippen LogP contribution in [-0.2, 0) is 0 Å². The smallest absolute Gasteiger partial charge is 0.190 e. The van der Waals surface area contributed by atoms with Crippen molar-refractivity contribution in [3.63, 3.8) is 0 Å². The van der Waals surface area contributed by atoms with Gasteiger partial charge in [0, 0.05) is 11.6 Å². The average Bonchev–Trinajstić information content (AvgIpc) is 2.41. The molecule has 2 aromatic carbocycles. The highest BCUT2D eigenvalue weighted by Gasteiger charge is 2.08. The van der Waals surface area contributed by atoms with Gasteiger partial charge < -0.3 is 15.7 Å². The molecular formula is C13H12N2O4. The van der Waals surface area contributed by atoms with Crippen molar-refractivity contribution in [1.29, 1.82) is 0 Å². The second kappa shape index (κ2) is 5.49. The molecule has 0 saturated carbocycles. The van der Waals surface area contributed by atoms with Gasteiger partial charge in [0.05, 0.1) is 5.69 Å². The summed E-state index contributed by atoms with van der Waals surface area (Å²) in [5.41, 5.74) is 6.25. The Bertz CT molecular complexity index is 582. The molecule has 6 heteroatoms. The topological polar surface area (TPSA) is 100 Å². The maximum absolute atomic E-state index is 10.9. The first-order valence-electron chi connectivity index (χ1n) is 5.46. The van der Waals surface area contributed by atoms with Crippen LogP contribution in [0.15, 0.2) is 42.5 Å². The van der Waals surface area contributed by atoms with Crippen LogP contribution in [0.3, 0.4) is 0 Å². The quantitative estimate of drug-likeness (QED) is 0.437. The molecule has 0 aromatic heterocycles. The maximum atomic E-state index is 10.9. The number of anilines is 1. The number of ether oxygens (including phenoxy) is 1. The van der Waals surface area contributed by atoms with Gasteiger partial charge in [-0.3, -0.25) is 4.79 Å². The van der Waals surface area contributed by atoms with E-state index in [-0.39, 0.29) is 11.4 Å². The lowest BCUT2D eigenvalue weighted by Crippen LogP contribution is -2.99. The molecule has 4 N–H and O–H groups in total. The van der Waals surface area contributed by atoms with Gasteiger partial charge in [-0.25, -0.2) is 5.21 Å². The lowest BCUT2D eigenvalue weighted by atomic mass is 10.2. The van der Waals surface area contributed by atoms with Crippen molar-refractivity contribution < 1.29 is 20.0 Å². The lowest BCUT2D eigenvalue weighted by Gasteiger charge is -2.15. The Morgan fingerprint density at radius 3 is 2.37 bits per heavy atom. The van der Waals surface area contributed by atoms with Gasteiger partial charge in [-0.1, -0.05) is 0 Å². The Morgan fingerprint density at radius 2 is 1.79 bits per heavy atom. The minimum Gasteiger partial charge on any atom is -0.595 e. The third-order valence-electron chi connectivity index (χ3n) is 2.51. The van der Waals surface area contributed by atoms with Crippen LogP contribution in [-0.4, -0.2) is 11.5 Å². The summed E-state index contributed by atoms with van der Waals surface area (Å²) in [5, 5.41) is 18.8. The highest BCUT2D eigenvalue weighted by Crippen LogP contribution is 2.26. The summed E-state index contributed by atoms with van der Waals surface area (Å²) in [6, 6.07) is 10.9. The van der Waals surface area contributed by atoms with E-state index in [4.69, 9.17) is 15.7 Å². The first kappa shape index (κ1) is 13.0. The summed E-state index contributed by atoms with van der Waals surface area (Å²) in [5.74, 6) is 0.872. The average molecular weight is 260 g/mol. The van der Waals surface area contributed by atoms with Crippen LogP contribution in [0.25, 0.3) is 0 Å². The molecule has 6 nitrogen and oxygen atoms in total. The van der Waals surface area contributed by atoms with Crippen molar-refractivity contribution in [2.75, 3.05) is 5.73 Å². The zero-order valence-corrected chi connectivity index (χ0v) is 9.87. The van der Waals surface area contributed by atoms with E-state index in [1.165, 1.54) is 12.1 Å². The standard InChI is InChI=1S/C13H12N2O4/c14-12-6-5-11(7-13(12)15(17)18)19-10-3-1-9(8-16)2-4-10/h1-8,15,17H,14H2. The number of nitrogen functional groups attached to an aromatic ring is 1. The van der Waals surface area contributed by atoms with Crippen molar-refractivity contribution in [2.45, 2.75) is 0 Å². The predicted molar refractivity (Wildman–Crippen MR) is 68.5 cm³/mol. The molecule has 0 fully saturated rings. The fourth-order valence-corrected chi connectivity index (χ4v) is 1.53. The van der Waals surface area contributed by atoms with Gasteiger partial charge in [-0.2, -0.15) is 5.23 Å². The summed E-state index contributed by atoms with van der Waals surface area (Å²) < 4.78 is 5.49. The molecule has 0 aliphatic carbocycles. The van der Waals surface area contributed by atoms with Crippen LogP contribution in [0.5, 0.6) is 11.5 Å². The number of aldehydes is 1. The van der Waals surface area contributed by atoms with Crippen molar-refractivity contribution in [2.24, 2.45) is 0 Å². The van der Waals surface area contributed by atoms with Gasteiger partial charge >= 0.3 is 0 Å². The molecule has 1 unspecified atom stereocenters. The largest absolute Gasteiger partial charge is 0.595 e. The molecule has 0 aliphatic heterocycles. The summed E-state index contributed by atoms with van der Waals surface area (Å²) in [6.45, 7) is 0. The normalized spacial score (nSPS) is 11.9. The number of benzene rings is 2. The molecule has 2 aromatic rings. The van der Waals surface area contributed by atoms with Crippen LogP contribution in [0.2, 0.25) is 0 Å². The Kier molecular flexibility index (Phi) is 3.76. The van der Waals surface area contributed by atoms with Gasteiger partial charge in [0.2, 0.25) is 0 Å². The fraction of sp³-hybridized carbons (Fsp3) is 0. The van der Waals surface area contributed by atoms with E-state index < -0.39 is 5.23 Å². The molecule has 1 atom stereocenters. The van der Waals surface area contributed by atoms with Crippen molar-refractivity contribution >= 4 is 17.7 Å². The second-order valence-corrected chi connectivity index (χ2v) is 3.84. The number of carbonyl (C=O) groups excluding carboxylic acids is 1. The predicted octanol–water partition coefficient (Wildman–Crippen LogP) is 1.28. The molecule has 2 rings (SSSR count). The van der Waals surface area contributed by atoms with E-state index in [1.807, 2.05) is 0 Å². The number of nitrogens with one attached hydrogen (secondary N) is 1. The van der Waals surface area contributed by atoms with Gasteiger partial charge in [-0.15, -0.1) is 0 Å². The molecule has 0 spiro atoms. The van der Waals surface area contributed by atoms with E-state index in [9.17, 15) is 10.0 Å². The first-order chi connectivity index (χ1) is 9.10. The van der Waals surface area contributed by atoms with Crippen LogP contribution in [0, 0.1) is 5.21 Å². The molecule has 98 valence electrons. The molecule has 0 bridgehead atoms. The zero-order valence-electron chi connectivity index (χ0n) is 9.87. The summed E-state index contributed by atoms with van der Waals surface area (Å²) in [6.07, 6.45) is 0.732. The first-order valence-corrected chi connectivity index (χ1v) is 5.46. The summed E-state index contributed by atoms with van der Waals surface area (Å²) >= 11 is 0. The highest BCUT2D eigenvalue weighted by atomic mass is 16.8. The van der Waals surface area contributed by atoms with Gasteiger partial charge in [0.15, 0.2) is 5.69 Å². The number of quaternary nitrogens is 1. The van der Waals surface area contributed by atoms with E-state index in [2.05, 4.69) is 0 Å². The molecule has 19 heavy (non-hydrogen) atoms. The Hall–Kier alpha value is -2.41. The van der Waals surface area contributed by atoms with E-state index in [1.54, 1.807) is 30.3 Å². The summed E-state index contributed by atoms with van der Waals surface area (Å²) in [7, 11) is 0. The minimum absolute atomic E-state index is 0.0120. The monoisotopic (exact) mass is 260 g/mol. The second-order valence-electron chi connectivity index (χ2n) is 3.84. The SMILES string of the molecule is Nc1ccc(Oc2ccc(C=O)cc2)cc1[NH+]([O-])O. The van der Waals surface area contributed by atoms with Crippen molar-refractivity contribution in [1.82, 2.24) is 0 Å². The summed E-state index contributed by atoms with van der Waals surface area (Å²) in [4.78, 5) is 10.5. The minimum atomic E-state index is -1.11. The number of hydrogen-bond acceptors (Lipinski definition) is 5. The number of carbonyl (C=O) groups is 1. The zero-order chi connectivity index (χ0) is 13.8. The Balaban J connectivity index is 2.22. The van der Waals surface area contributed by atoms with Crippen LogP contribution in [0.4, 0.5) is 11.4 Å². The molecule has 0 radical (unpaired) electrons. The van der Waals surface area contributed by atoms with Crippen LogP contribution >= 0.6 is 0 Å². The fourth-order valence-electron chi connectivity index (χ4n) is 1.53. The Labute approximate surface area is 109 Å². The van der Waals surface area contributed by atoms with Crippen LogP contribution in [0.1, 0.15) is 10.4 Å². The molecule has 0 saturated heterocycles. The van der Waals surface area contributed by atoms with Gasteiger partial charge in [0.25, 0.3) is 0 Å². The van der Waals surface area contributed by atoms with Crippen molar-refractivity contribution in [3.8, 4) is 11.5 Å². The molecular weight excluding hydrogens is 248 g/mol. The number of hydrogen-bond donors (Lipinski definition) is 3. The van der Waals surface area contributed by atoms with Crippen LogP contribution < -0.4 is 15.7 Å². The number of nitrogens with two attached hydrogens (primary N) is 1. The highest BCUT2D eigenvalue weighted by molar-refractivity contribution is 5.74. The number of rotatable bonds is 4. The molecule has 0 heterocycles. The van der Waals surface area contributed by atoms with E-state index in [0.717, 1.165) is 6.29 Å². The van der Waals surface area contributed by atoms with Gasteiger partial charge in [-0.05, 0) is 36.4 Å². The van der Waals surface area contributed by atoms with Crippen molar-refractivity contribution in [3.05, 3.63) is 53.2 Å². The van der Waals surface area contributed by atoms with Gasteiger partial charge in [0.1, 0.15) is 17.8 Å². The lowest BCUT2D eigenvalue weighted by molar-refractivity contribution is -0.990. The van der Waals surface area contributed by atoms with E-state index >= 15 is 0 Å².